The Morgan fingerprint density at radius 3 is 2.05 bits per heavy atom. The Balaban J connectivity index is 1.50. The fourth-order valence-corrected chi connectivity index (χ4v) is 4.79. The van der Waals surface area contributed by atoms with Crippen LogP contribution in [0, 0.1) is 10.1 Å². The zero-order valence-corrected chi connectivity index (χ0v) is 23.0. The van der Waals surface area contributed by atoms with Crippen LogP contribution in [0.3, 0.4) is 0 Å². The first-order chi connectivity index (χ1) is 21.2. The summed E-state index contributed by atoms with van der Waals surface area (Å²) in [6.07, 6.45) is -2.95. The lowest BCUT2D eigenvalue weighted by atomic mass is 10.1. The second kappa shape index (κ2) is 11.8. The second-order valence-electron chi connectivity index (χ2n) is 9.96. The number of halogens is 3. The van der Waals surface area contributed by atoms with Gasteiger partial charge in [-0.05, 0) is 41.5 Å². The van der Waals surface area contributed by atoms with Crippen LogP contribution in [0.2, 0.25) is 0 Å². The highest BCUT2D eigenvalue weighted by atomic mass is 19.4. The number of nitro groups is 1. The van der Waals surface area contributed by atoms with Crippen molar-refractivity contribution in [2.45, 2.75) is 19.3 Å². The van der Waals surface area contributed by atoms with Crippen molar-refractivity contribution in [2.75, 3.05) is 10.2 Å². The third-order valence-electron chi connectivity index (χ3n) is 6.90. The van der Waals surface area contributed by atoms with Gasteiger partial charge in [-0.1, -0.05) is 66.7 Å². The Hall–Kier alpha value is -5.78. The lowest BCUT2D eigenvalue weighted by Crippen LogP contribution is -2.24. The highest BCUT2D eigenvalue weighted by Gasteiger charge is 2.30. The highest BCUT2D eigenvalue weighted by molar-refractivity contribution is 5.86. The SMILES string of the molecule is O=[N+]([O-])c1cccc(-n2cnc3c(N(Cc4ccccc4)Cc4ccccc4)nc(Nc4ccc(C(F)(F)F)cc4)nc32)c1. The summed E-state index contributed by atoms with van der Waals surface area (Å²) in [5, 5.41) is 14.5. The molecule has 12 heteroatoms. The van der Waals surface area contributed by atoms with E-state index < -0.39 is 16.7 Å². The van der Waals surface area contributed by atoms with Crippen LogP contribution in [-0.4, -0.2) is 24.4 Å². The summed E-state index contributed by atoms with van der Waals surface area (Å²) in [6, 6.07) is 30.3. The van der Waals surface area contributed by atoms with Gasteiger partial charge in [-0.2, -0.15) is 23.1 Å². The highest BCUT2D eigenvalue weighted by Crippen LogP contribution is 2.32. The van der Waals surface area contributed by atoms with Crippen molar-refractivity contribution in [2.24, 2.45) is 0 Å². The molecule has 0 aliphatic rings. The van der Waals surface area contributed by atoms with E-state index in [9.17, 15) is 23.3 Å². The lowest BCUT2D eigenvalue weighted by molar-refractivity contribution is -0.384. The van der Waals surface area contributed by atoms with Gasteiger partial charge in [-0.3, -0.25) is 14.7 Å². The molecule has 6 rings (SSSR count). The van der Waals surface area contributed by atoms with Gasteiger partial charge < -0.3 is 10.2 Å². The lowest BCUT2D eigenvalue weighted by Gasteiger charge is -2.25. The number of imidazole rings is 1. The molecule has 0 spiro atoms. The molecule has 0 saturated carbocycles. The van der Waals surface area contributed by atoms with Gasteiger partial charge >= 0.3 is 6.18 Å². The Bertz CT molecular complexity index is 1870. The van der Waals surface area contributed by atoms with Gasteiger partial charge in [0.25, 0.3) is 5.69 Å². The molecule has 0 saturated heterocycles. The first-order valence-corrected chi connectivity index (χ1v) is 13.5. The number of nitrogens with one attached hydrogen (secondary N) is 1. The number of fused-ring (bicyclic) bond motifs is 1. The molecule has 2 heterocycles. The maximum atomic E-state index is 13.2. The fraction of sp³-hybridized carbons (Fsp3) is 0.0938. The van der Waals surface area contributed by atoms with Gasteiger partial charge in [0.2, 0.25) is 5.95 Å². The molecule has 0 radical (unpaired) electrons. The Kier molecular flexibility index (Phi) is 7.63. The first kappa shape index (κ1) is 28.3. The molecule has 0 aliphatic heterocycles. The van der Waals surface area contributed by atoms with E-state index in [1.165, 1.54) is 30.6 Å². The van der Waals surface area contributed by atoms with E-state index in [1.807, 2.05) is 65.6 Å². The van der Waals surface area contributed by atoms with Gasteiger partial charge in [0.05, 0.1) is 16.2 Å². The topological polar surface area (TPSA) is 102 Å². The van der Waals surface area contributed by atoms with Gasteiger partial charge in [0.1, 0.15) is 6.33 Å². The van der Waals surface area contributed by atoms with Gasteiger partial charge in [0, 0.05) is 30.9 Å². The molecular weight excluding hydrogens is 571 g/mol. The molecule has 2 aromatic heterocycles. The molecule has 9 nitrogen and oxygen atoms in total. The normalized spacial score (nSPS) is 11.4. The molecule has 1 N–H and O–H groups in total. The van der Waals surface area contributed by atoms with Crippen molar-refractivity contribution in [3.63, 3.8) is 0 Å². The molecule has 4 aromatic carbocycles. The van der Waals surface area contributed by atoms with Crippen LogP contribution in [0.25, 0.3) is 16.9 Å². The predicted octanol–water partition coefficient (Wildman–Crippen LogP) is 7.69. The van der Waals surface area contributed by atoms with Crippen LogP contribution in [0.5, 0.6) is 0 Å². The van der Waals surface area contributed by atoms with Crippen LogP contribution >= 0.6 is 0 Å². The van der Waals surface area contributed by atoms with Crippen LogP contribution < -0.4 is 10.2 Å². The van der Waals surface area contributed by atoms with Crippen molar-refractivity contribution in [1.29, 1.82) is 0 Å². The summed E-state index contributed by atoms with van der Waals surface area (Å²) in [7, 11) is 0. The quantitative estimate of drug-likeness (QED) is 0.135. The Morgan fingerprint density at radius 1 is 0.818 bits per heavy atom. The number of nitrogens with zero attached hydrogens (tertiary/aromatic N) is 6. The number of hydrogen-bond acceptors (Lipinski definition) is 7. The molecule has 0 amide bonds. The summed E-state index contributed by atoms with van der Waals surface area (Å²) in [4.78, 5) is 27.2. The number of anilines is 3. The van der Waals surface area contributed by atoms with Crippen molar-refractivity contribution < 1.29 is 18.1 Å². The van der Waals surface area contributed by atoms with E-state index in [-0.39, 0.29) is 11.6 Å². The minimum absolute atomic E-state index is 0.100. The molecule has 44 heavy (non-hydrogen) atoms. The van der Waals surface area contributed by atoms with Crippen molar-refractivity contribution >= 4 is 34.3 Å². The zero-order valence-electron chi connectivity index (χ0n) is 23.0. The van der Waals surface area contributed by atoms with Crippen molar-refractivity contribution in [1.82, 2.24) is 19.5 Å². The number of benzene rings is 4. The number of alkyl halides is 3. The van der Waals surface area contributed by atoms with Gasteiger partial charge in [-0.15, -0.1) is 0 Å². The fourth-order valence-electron chi connectivity index (χ4n) is 4.79. The average molecular weight is 596 g/mol. The molecule has 0 unspecified atom stereocenters. The number of nitro benzene ring substituents is 1. The number of hydrogen-bond donors (Lipinski definition) is 1. The first-order valence-electron chi connectivity index (χ1n) is 13.5. The standard InChI is InChI=1S/C32H24F3N7O2/c33-32(34,35)24-14-16-25(17-15-24)37-31-38-29(40(19-22-8-3-1-4-9-22)20-23-10-5-2-6-11-23)28-30(39-31)41(21-36-28)26-12-7-13-27(18-26)42(43)44/h1-18,21H,19-20H2,(H,37,38,39). The van der Waals surface area contributed by atoms with Crippen LogP contribution in [0.1, 0.15) is 16.7 Å². The summed E-state index contributed by atoms with van der Waals surface area (Å²) < 4.78 is 41.1. The summed E-state index contributed by atoms with van der Waals surface area (Å²) in [5.41, 5.74) is 2.78. The Morgan fingerprint density at radius 2 is 1.45 bits per heavy atom. The molecule has 0 fully saturated rings. The smallest absolute Gasteiger partial charge is 0.346 e. The minimum Gasteiger partial charge on any atom is -0.346 e. The minimum atomic E-state index is -4.47. The molecule has 0 atom stereocenters. The van der Waals surface area contributed by atoms with E-state index in [0.29, 0.717) is 41.4 Å². The van der Waals surface area contributed by atoms with E-state index in [2.05, 4.69) is 15.3 Å². The number of non-ortho nitro benzene ring substituents is 1. The van der Waals surface area contributed by atoms with Crippen LogP contribution in [0.4, 0.5) is 36.3 Å². The predicted molar refractivity (Wildman–Crippen MR) is 161 cm³/mol. The van der Waals surface area contributed by atoms with Crippen molar-refractivity contribution in [3.8, 4) is 5.69 Å². The largest absolute Gasteiger partial charge is 0.416 e. The zero-order chi connectivity index (χ0) is 30.7. The van der Waals surface area contributed by atoms with Crippen LogP contribution in [0.15, 0.2) is 116 Å². The molecule has 0 aliphatic carbocycles. The summed E-state index contributed by atoms with van der Waals surface area (Å²) in [6.45, 7) is 0.927. The third kappa shape index (κ3) is 6.19. The molecule has 6 aromatic rings. The van der Waals surface area contributed by atoms with Gasteiger partial charge in [-0.25, -0.2) is 4.98 Å². The Labute approximate surface area is 249 Å². The number of aromatic nitrogens is 4. The second-order valence-corrected chi connectivity index (χ2v) is 9.96. The molecule has 0 bridgehead atoms. The summed E-state index contributed by atoms with van der Waals surface area (Å²) >= 11 is 0. The molecule has 220 valence electrons. The average Bonchev–Trinajstić information content (AvgIpc) is 3.45. The maximum absolute atomic E-state index is 13.2. The van der Waals surface area contributed by atoms with E-state index in [4.69, 9.17) is 4.98 Å². The van der Waals surface area contributed by atoms with E-state index in [0.717, 1.165) is 23.3 Å². The maximum Gasteiger partial charge on any atom is 0.416 e. The number of rotatable bonds is 9. The van der Waals surface area contributed by atoms with Crippen molar-refractivity contribution in [3.05, 3.63) is 142 Å². The van der Waals surface area contributed by atoms with Crippen LogP contribution in [-0.2, 0) is 19.3 Å². The molecular formula is C32H24F3N7O2. The third-order valence-corrected chi connectivity index (χ3v) is 6.90. The van der Waals surface area contributed by atoms with E-state index in [1.54, 1.807) is 16.7 Å². The summed E-state index contributed by atoms with van der Waals surface area (Å²) in [5.74, 6) is 0.590. The van der Waals surface area contributed by atoms with E-state index >= 15 is 0 Å². The monoisotopic (exact) mass is 595 g/mol. The van der Waals surface area contributed by atoms with Gasteiger partial charge in [0.15, 0.2) is 17.0 Å².